The van der Waals surface area contributed by atoms with Gasteiger partial charge in [-0.1, -0.05) is 0 Å². The molecular formula is C15H14FNO2S. The van der Waals surface area contributed by atoms with Crippen LogP contribution in [-0.4, -0.2) is 13.0 Å². The maximum Gasteiger partial charge on any atom is 0.255 e. The van der Waals surface area contributed by atoms with Gasteiger partial charge in [-0.25, -0.2) is 4.39 Å². The first kappa shape index (κ1) is 14.4. The Hall–Kier alpha value is -2.01. The Balaban J connectivity index is 2.21. The summed E-state index contributed by atoms with van der Waals surface area (Å²) in [4.78, 5) is 12.2. The number of halogens is 1. The SMILES string of the molecule is COc1ccc(NC(=O)c2ccc(F)c(S)c2)c(C)c1. The highest BCUT2D eigenvalue weighted by Crippen LogP contribution is 2.22. The van der Waals surface area contributed by atoms with Gasteiger partial charge in [-0.05, 0) is 48.9 Å². The summed E-state index contributed by atoms with van der Waals surface area (Å²) in [5.74, 6) is -0.0426. The molecular weight excluding hydrogens is 277 g/mol. The van der Waals surface area contributed by atoms with Crippen LogP contribution in [0.4, 0.5) is 10.1 Å². The minimum Gasteiger partial charge on any atom is -0.497 e. The number of thiol groups is 1. The summed E-state index contributed by atoms with van der Waals surface area (Å²) in [5.41, 5.74) is 1.92. The lowest BCUT2D eigenvalue weighted by molar-refractivity contribution is 0.102. The van der Waals surface area contributed by atoms with E-state index in [1.807, 2.05) is 13.0 Å². The van der Waals surface area contributed by atoms with Crippen LogP contribution >= 0.6 is 12.6 Å². The van der Waals surface area contributed by atoms with Gasteiger partial charge < -0.3 is 10.1 Å². The van der Waals surface area contributed by atoms with Crippen molar-refractivity contribution in [2.24, 2.45) is 0 Å². The predicted molar refractivity (Wildman–Crippen MR) is 79.3 cm³/mol. The Labute approximate surface area is 122 Å². The molecule has 0 aliphatic carbocycles. The number of carbonyl (C=O) groups is 1. The molecule has 0 aliphatic heterocycles. The minimum atomic E-state index is -0.453. The van der Waals surface area contributed by atoms with Crippen LogP contribution in [0.1, 0.15) is 15.9 Å². The van der Waals surface area contributed by atoms with Crippen molar-refractivity contribution in [3.8, 4) is 5.75 Å². The molecule has 2 rings (SSSR count). The Bertz CT molecular complexity index is 658. The van der Waals surface area contributed by atoms with E-state index in [-0.39, 0.29) is 10.8 Å². The van der Waals surface area contributed by atoms with Crippen molar-refractivity contribution in [2.45, 2.75) is 11.8 Å². The summed E-state index contributed by atoms with van der Waals surface area (Å²) in [6, 6.07) is 9.38. The number of hydrogen-bond acceptors (Lipinski definition) is 3. The Morgan fingerprint density at radius 3 is 2.60 bits per heavy atom. The minimum absolute atomic E-state index is 0.143. The van der Waals surface area contributed by atoms with Gasteiger partial charge in [0.05, 0.1) is 7.11 Å². The quantitative estimate of drug-likeness (QED) is 0.847. The molecule has 1 amide bonds. The molecule has 0 saturated carbocycles. The fourth-order valence-corrected chi connectivity index (χ4v) is 1.97. The number of benzene rings is 2. The highest BCUT2D eigenvalue weighted by atomic mass is 32.1. The molecule has 3 nitrogen and oxygen atoms in total. The largest absolute Gasteiger partial charge is 0.497 e. The maximum absolute atomic E-state index is 13.1. The molecule has 0 radical (unpaired) electrons. The number of hydrogen-bond donors (Lipinski definition) is 2. The van der Waals surface area contributed by atoms with Gasteiger partial charge >= 0.3 is 0 Å². The molecule has 0 bridgehead atoms. The number of nitrogens with one attached hydrogen (secondary N) is 1. The molecule has 0 aromatic heterocycles. The van der Waals surface area contributed by atoms with Gasteiger partial charge in [-0.15, -0.1) is 12.6 Å². The number of amides is 1. The van der Waals surface area contributed by atoms with Gasteiger partial charge in [0.1, 0.15) is 11.6 Å². The third-order valence-corrected chi connectivity index (χ3v) is 3.23. The molecule has 5 heteroatoms. The molecule has 1 N–H and O–H groups in total. The van der Waals surface area contributed by atoms with E-state index in [9.17, 15) is 9.18 Å². The van der Waals surface area contributed by atoms with Crippen LogP contribution in [0.5, 0.6) is 5.75 Å². The second-order valence-electron chi connectivity index (χ2n) is 4.30. The monoisotopic (exact) mass is 291 g/mol. The summed E-state index contributed by atoms with van der Waals surface area (Å²) in [5, 5.41) is 2.77. The van der Waals surface area contributed by atoms with Gasteiger partial charge in [0, 0.05) is 16.1 Å². The number of ether oxygens (including phenoxy) is 1. The highest BCUT2D eigenvalue weighted by Gasteiger charge is 2.10. The first-order valence-corrected chi connectivity index (χ1v) is 6.40. The average molecular weight is 291 g/mol. The van der Waals surface area contributed by atoms with Crippen molar-refractivity contribution in [3.63, 3.8) is 0 Å². The van der Waals surface area contributed by atoms with E-state index >= 15 is 0 Å². The van der Waals surface area contributed by atoms with Gasteiger partial charge in [-0.3, -0.25) is 4.79 Å². The van der Waals surface area contributed by atoms with Crippen molar-refractivity contribution in [1.82, 2.24) is 0 Å². The van der Waals surface area contributed by atoms with E-state index in [0.29, 0.717) is 11.3 Å². The second-order valence-corrected chi connectivity index (χ2v) is 4.78. The van der Waals surface area contributed by atoms with Crippen LogP contribution in [0.2, 0.25) is 0 Å². The van der Waals surface area contributed by atoms with Crippen LogP contribution in [0, 0.1) is 12.7 Å². The van der Waals surface area contributed by atoms with Gasteiger partial charge in [-0.2, -0.15) is 0 Å². The van der Waals surface area contributed by atoms with Crippen molar-refractivity contribution in [1.29, 1.82) is 0 Å². The Morgan fingerprint density at radius 2 is 2.00 bits per heavy atom. The van der Waals surface area contributed by atoms with Crippen molar-refractivity contribution in [2.75, 3.05) is 12.4 Å². The molecule has 20 heavy (non-hydrogen) atoms. The van der Waals surface area contributed by atoms with Crippen LogP contribution < -0.4 is 10.1 Å². The number of methoxy groups -OCH3 is 1. The lowest BCUT2D eigenvalue weighted by Crippen LogP contribution is -2.13. The molecule has 104 valence electrons. The smallest absolute Gasteiger partial charge is 0.255 e. The van der Waals surface area contributed by atoms with Crippen molar-refractivity contribution < 1.29 is 13.9 Å². The molecule has 0 spiro atoms. The molecule has 0 saturated heterocycles. The molecule has 0 fully saturated rings. The topological polar surface area (TPSA) is 38.3 Å². The fraction of sp³-hybridized carbons (Fsp3) is 0.133. The summed E-state index contributed by atoms with van der Waals surface area (Å²) >= 11 is 3.96. The molecule has 0 aliphatic rings. The van der Waals surface area contributed by atoms with Crippen LogP contribution in [0.25, 0.3) is 0 Å². The van der Waals surface area contributed by atoms with E-state index in [4.69, 9.17) is 4.74 Å². The molecule has 2 aromatic rings. The Kier molecular flexibility index (Phi) is 4.29. The molecule has 0 unspecified atom stereocenters. The summed E-state index contributed by atoms with van der Waals surface area (Å²) < 4.78 is 18.2. The highest BCUT2D eigenvalue weighted by molar-refractivity contribution is 7.80. The zero-order chi connectivity index (χ0) is 14.7. The van der Waals surface area contributed by atoms with Gasteiger partial charge in [0.2, 0.25) is 0 Å². The van der Waals surface area contributed by atoms with Crippen LogP contribution in [0.3, 0.4) is 0 Å². The van der Waals surface area contributed by atoms with Crippen LogP contribution in [0.15, 0.2) is 41.3 Å². The fourth-order valence-electron chi connectivity index (χ4n) is 1.75. The number of aryl methyl sites for hydroxylation is 1. The summed E-state index contributed by atoms with van der Waals surface area (Å²) in [6.45, 7) is 1.87. The third-order valence-electron chi connectivity index (χ3n) is 2.89. The third kappa shape index (κ3) is 3.11. The summed E-state index contributed by atoms with van der Waals surface area (Å²) in [6.07, 6.45) is 0. The van der Waals surface area contributed by atoms with E-state index < -0.39 is 5.82 Å². The predicted octanol–water partition coefficient (Wildman–Crippen LogP) is 3.68. The first-order chi connectivity index (χ1) is 9.51. The number of carbonyl (C=O) groups excluding carboxylic acids is 1. The van der Waals surface area contributed by atoms with E-state index in [1.54, 1.807) is 19.2 Å². The van der Waals surface area contributed by atoms with Crippen molar-refractivity contribution in [3.05, 3.63) is 53.3 Å². The lowest BCUT2D eigenvalue weighted by Gasteiger charge is -2.10. The second kappa shape index (κ2) is 5.96. The number of anilines is 1. The van der Waals surface area contributed by atoms with E-state index in [2.05, 4.69) is 17.9 Å². The van der Waals surface area contributed by atoms with Gasteiger partial charge in [0.15, 0.2) is 0 Å². The standard InChI is InChI=1S/C15H14FNO2S/c1-9-7-11(19-2)4-6-13(9)17-15(18)10-3-5-12(16)14(20)8-10/h3-8,20H,1-2H3,(H,17,18). The van der Waals surface area contributed by atoms with Crippen molar-refractivity contribution >= 4 is 24.2 Å². The lowest BCUT2D eigenvalue weighted by atomic mass is 10.1. The van der Waals surface area contributed by atoms with E-state index in [0.717, 1.165) is 11.3 Å². The molecule has 0 heterocycles. The van der Waals surface area contributed by atoms with Crippen LogP contribution in [-0.2, 0) is 0 Å². The zero-order valence-electron chi connectivity index (χ0n) is 11.1. The first-order valence-electron chi connectivity index (χ1n) is 5.96. The maximum atomic E-state index is 13.1. The Morgan fingerprint density at radius 1 is 1.25 bits per heavy atom. The normalized spacial score (nSPS) is 10.2. The van der Waals surface area contributed by atoms with E-state index in [1.165, 1.54) is 18.2 Å². The summed E-state index contributed by atoms with van der Waals surface area (Å²) in [7, 11) is 1.58. The average Bonchev–Trinajstić information content (AvgIpc) is 2.43. The van der Waals surface area contributed by atoms with Gasteiger partial charge in [0.25, 0.3) is 5.91 Å². The molecule has 0 atom stereocenters. The number of rotatable bonds is 3. The zero-order valence-corrected chi connectivity index (χ0v) is 12.0. The molecule has 2 aromatic carbocycles.